The molecule has 1 aliphatic carbocycles. The van der Waals surface area contributed by atoms with Crippen molar-refractivity contribution in [1.82, 2.24) is 4.90 Å². The lowest BCUT2D eigenvalue weighted by Gasteiger charge is -2.36. The van der Waals surface area contributed by atoms with Gasteiger partial charge in [-0.1, -0.05) is 37.3 Å². The molecule has 1 aromatic rings. The largest absolute Gasteiger partial charge is 0.370 e. The first-order chi connectivity index (χ1) is 12.0. The van der Waals surface area contributed by atoms with E-state index in [1.807, 2.05) is 18.2 Å². The number of carbonyl (C=O) groups is 2. The molecule has 2 amide bonds. The van der Waals surface area contributed by atoms with Crippen LogP contribution in [0.5, 0.6) is 0 Å². The fourth-order valence-electron chi connectivity index (χ4n) is 4.96. The molecule has 1 aromatic carbocycles. The van der Waals surface area contributed by atoms with Crippen molar-refractivity contribution in [2.45, 2.75) is 64.5 Å². The minimum Gasteiger partial charge on any atom is -0.370 e. The quantitative estimate of drug-likeness (QED) is 0.860. The molecule has 0 unspecified atom stereocenters. The maximum atomic E-state index is 12.4. The van der Waals surface area contributed by atoms with Gasteiger partial charge in [0, 0.05) is 25.4 Å². The van der Waals surface area contributed by atoms with Crippen molar-refractivity contribution in [1.29, 1.82) is 0 Å². The van der Waals surface area contributed by atoms with Crippen molar-refractivity contribution < 1.29 is 9.59 Å². The minimum atomic E-state index is -0.181. The van der Waals surface area contributed by atoms with Crippen LogP contribution < -0.4 is 5.73 Å². The molecule has 1 aliphatic heterocycles. The standard InChI is InChI=1S/C21H30N2O2/c1-15-9-17(11-18(10-15)13-20(22)24)12-19-7-8-21(25)23(19)14-16-5-3-2-4-6-16/h2-6,15,17-19H,7-14H2,1H3,(H2,22,24)/t15-,17+,18-,19-/m1/s1. The summed E-state index contributed by atoms with van der Waals surface area (Å²) in [5.74, 6) is 1.77. The first-order valence-electron chi connectivity index (χ1n) is 9.63. The molecule has 4 atom stereocenters. The summed E-state index contributed by atoms with van der Waals surface area (Å²) < 4.78 is 0. The number of primary amides is 1. The van der Waals surface area contributed by atoms with E-state index < -0.39 is 0 Å². The van der Waals surface area contributed by atoms with Crippen molar-refractivity contribution in [2.24, 2.45) is 23.5 Å². The van der Waals surface area contributed by atoms with Crippen molar-refractivity contribution in [3.63, 3.8) is 0 Å². The summed E-state index contributed by atoms with van der Waals surface area (Å²) in [5.41, 5.74) is 6.61. The Balaban J connectivity index is 1.62. The van der Waals surface area contributed by atoms with E-state index in [1.165, 1.54) is 12.0 Å². The number of benzene rings is 1. The molecular weight excluding hydrogens is 312 g/mol. The molecule has 4 heteroatoms. The summed E-state index contributed by atoms with van der Waals surface area (Å²) in [6.45, 7) is 3.00. The topological polar surface area (TPSA) is 63.4 Å². The van der Waals surface area contributed by atoms with Gasteiger partial charge < -0.3 is 10.6 Å². The minimum absolute atomic E-state index is 0.181. The first-order valence-corrected chi connectivity index (χ1v) is 9.63. The third-order valence-electron chi connectivity index (χ3n) is 5.88. The van der Waals surface area contributed by atoms with Crippen molar-refractivity contribution in [3.8, 4) is 0 Å². The molecule has 2 N–H and O–H groups in total. The second-order valence-corrected chi connectivity index (χ2v) is 8.15. The lowest BCUT2D eigenvalue weighted by atomic mass is 9.72. The van der Waals surface area contributed by atoms with Gasteiger partial charge in [0.1, 0.15) is 0 Å². The number of rotatable bonds is 6. The monoisotopic (exact) mass is 342 g/mol. The molecule has 0 radical (unpaired) electrons. The lowest BCUT2D eigenvalue weighted by molar-refractivity contribution is -0.129. The van der Waals surface area contributed by atoms with Gasteiger partial charge in [-0.05, 0) is 55.4 Å². The van der Waals surface area contributed by atoms with Crippen LogP contribution in [-0.4, -0.2) is 22.8 Å². The SMILES string of the molecule is C[C@H]1C[C@@H](CC(N)=O)C[C@@H](C[C@H]2CCC(=O)N2Cc2ccccc2)C1. The van der Waals surface area contributed by atoms with Crippen molar-refractivity contribution in [3.05, 3.63) is 35.9 Å². The molecular formula is C21H30N2O2. The summed E-state index contributed by atoms with van der Waals surface area (Å²) in [7, 11) is 0. The van der Waals surface area contributed by atoms with Crippen LogP contribution in [0.2, 0.25) is 0 Å². The van der Waals surface area contributed by atoms with Gasteiger partial charge in [-0.15, -0.1) is 0 Å². The second kappa shape index (κ2) is 8.03. The molecule has 3 rings (SSSR count). The van der Waals surface area contributed by atoms with Gasteiger partial charge in [-0.2, -0.15) is 0 Å². The highest BCUT2D eigenvalue weighted by atomic mass is 16.2. The Labute approximate surface area is 150 Å². The Hall–Kier alpha value is -1.84. The molecule has 0 aromatic heterocycles. The lowest BCUT2D eigenvalue weighted by Crippen LogP contribution is -2.35. The molecule has 136 valence electrons. The first kappa shape index (κ1) is 18.0. The van der Waals surface area contributed by atoms with Gasteiger partial charge in [-0.3, -0.25) is 9.59 Å². The predicted molar refractivity (Wildman–Crippen MR) is 98.4 cm³/mol. The number of nitrogens with two attached hydrogens (primary N) is 1. The summed E-state index contributed by atoms with van der Waals surface area (Å²) in [6.07, 6.45) is 6.62. The fraction of sp³-hybridized carbons (Fsp3) is 0.619. The maximum Gasteiger partial charge on any atom is 0.223 e. The zero-order valence-corrected chi connectivity index (χ0v) is 15.2. The number of hydrogen-bond acceptors (Lipinski definition) is 2. The molecule has 1 heterocycles. The van der Waals surface area contributed by atoms with Crippen molar-refractivity contribution in [2.75, 3.05) is 0 Å². The smallest absolute Gasteiger partial charge is 0.223 e. The highest BCUT2D eigenvalue weighted by molar-refractivity contribution is 5.78. The Morgan fingerprint density at radius 3 is 2.60 bits per heavy atom. The van der Waals surface area contributed by atoms with Crippen LogP contribution in [0.3, 0.4) is 0 Å². The van der Waals surface area contributed by atoms with Gasteiger partial charge in [0.25, 0.3) is 0 Å². The van der Waals surface area contributed by atoms with Crippen LogP contribution in [-0.2, 0) is 16.1 Å². The molecule has 1 saturated heterocycles. The number of amides is 2. The zero-order valence-electron chi connectivity index (χ0n) is 15.2. The third kappa shape index (κ3) is 4.83. The predicted octanol–water partition coefficient (Wildman–Crippen LogP) is 3.50. The van der Waals surface area contributed by atoms with E-state index in [-0.39, 0.29) is 11.8 Å². The van der Waals surface area contributed by atoms with Crippen molar-refractivity contribution >= 4 is 11.8 Å². The van der Waals surface area contributed by atoms with Crippen LogP contribution in [0, 0.1) is 17.8 Å². The summed E-state index contributed by atoms with van der Waals surface area (Å²) in [5, 5.41) is 0. The number of likely N-dealkylation sites (tertiary alicyclic amines) is 1. The number of carbonyl (C=O) groups excluding carboxylic acids is 2. The molecule has 4 nitrogen and oxygen atoms in total. The summed E-state index contributed by atoms with van der Waals surface area (Å²) in [4.78, 5) is 25.7. The van der Waals surface area contributed by atoms with Crippen LogP contribution >= 0.6 is 0 Å². The normalized spacial score (nSPS) is 29.8. The average Bonchev–Trinajstić information content (AvgIpc) is 2.88. The Morgan fingerprint density at radius 2 is 1.88 bits per heavy atom. The molecule has 2 fully saturated rings. The Morgan fingerprint density at radius 1 is 1.16 bits per heavy atom. The molecule has 0 bridgehead atoms. The molecule has 0 spiro atoms. The van der Waals surface area contributed by atoms with Crippen LogP contribution in [0.15, 0.2) is 30.3 Å². The van der Waals surface area contributed by atoms with Gasteiger partial charge in [0.15, 0.2) is 0 Å². The van der Waals surface area contributed by atoms with Crippen LogP contribution in [0.1, 0.15) is 57.4 Å². The van der Waals surface area contributed by atoms with E-state index >= 15 is 0 Å². The molecule has 25 heavy (non-hydrogen) atoms. The Bertz CT molecular complexity index is 601. The van der Waals surface area contributed by atoms with Gasteiger partial charge in [-0.25, -0.2) is 0 Å². The van der Waals surface area contributed by atoms with Crippen LogP contribution in [0.4, 0.5) is 0 Å². The van der Waals surface area contributed by atoms with Gasteiger partial charge in [0.05, 0.1) is 0 Å². The second-order valence-electron chi connectivity index (χ2n) is 8.15. The zero-order chi connectivity index (χ0) is 17.8. The van der Waals surface area contributed by atoms with E-state index in [9.17, 15) is 9.59 Å². The maximum absolute atomic E-state index is 12.4. The average molecular weight is 342 g/mol. The number of hydrogen-bond donors (Lipinski definition) is 1. The highest BCUT2D eigenvalue weighted by Crippen LogP contribution is 2.39. The van der Waals surface area contributed by atoms with E-state index in [2.05, 4.69) is 24.0 Å². The van der Waals surface area contributed by atoms with Gasteiger partial charge >= 0.3 is 0 Å². The van der Waals surface area contributed by atoms with E-state index in [0.717, 1.165) is 32.2 Å². The fourth-order valence-corrected chi connectivity index (χ4v) is 4.96. The highest BCUT2D eigenvalue weighted by Gasteiger charge is 2.35. The van der Waals surface area contributed by atoms with E-state index in [1.54, 1.807) is 0 Å². The number of nitrogens with zero attached hydrogens (tertiary/aromatic N) is 1. The summed E-state index contributed by atoms with van der Waals surface area (Å²) >= 11 is 0. The third-order valence-corrected chi connectivity index (χ3v) is 5.88. The molecule has 1 saturated carbocycles. The molecule has 2 aliphatic rings. The summed E-state index contributed by atoms with van der Waals surface area (Å²) in [6, 6.07) is 10.6. The Kier molecular flexibility index (Phi) is 5.77. The van der Waals surface area contributed by atoms with Gasteiger partial charge in [0.2, 0.25) is 11.8 Å². The van der Waals surface area contributed by atoms with E-state index in [4.69, 9.17) is 5.73 Å². The van der Waals surface area contributed by atoms with Crippen LogP contribution in [0.25, 0.3) is 0 Å². The van der Waals surface area contributed by atoms with E-state index in [0.29, 0.717) is 36.6 Å².